The Morgan fingerprint density at radius 3 is 2.76 bits per heavy atom. The second kappa shape index (κ2) is 7.00. The lowest BCUT2D eigenvalue weighted by molar-refractivity contribution is -0.154. The zero-order valence-electron chi connectivity index (χ0n) is 12.1. The normalized spacial score (nSPS) is 22.9. The van der Waals surface area contributed by atoms with Crippen molar-refractivity contribution in [1.82, 2.24) is 4.98 Å². The van der Waals surface area contributed by atoms with Gasteiger partial charge in [-0.3, -0.25) is 0 Å². The molecule has 1 aromatic heterocycles. The highest BCUT2D eigenvalue weighted by Gasteiger charge is 2.28. The fourth-order valence-corrected chi connectivity index (χ4v) is 2.74. The van der Waals surface area contributed by atoms with E-state index in [9.17, 15) is 13.2 Å². The van der Waals surface area contributed by atoms with Gasteiger partial charge < -0.3 is 10.1 Å². The van der Waals surface area contributed by atoms with Crippen LogP contribution in [0.25, 0.3) is 0 Å². The number of anilines is 1. The van der Waals surface area contributed by atoms with E-state index in [0.717, 1.165) is 24.4 Å². The summed E-state index contributed by atoms with van der Waals surface area (Å²) in [5, 5.41) is 3.40. The van der Waals surface area contributed by atoms with Gasteiger partial charge in [-0.1, -0.05) is 26.2 Å². The molecule has 0 saturated heterocycles. The Balaban J connectivity index is 1.84. The molecule has 1 aliphatic carbocycles. The van der Waals surface area contributed by atoms with E-state index >= 15 is 0 Å². The van der Waals surface area contributed by atoms with Crippen molar-refractivity contribution in [3.8, 4) is 5.88 Å². The minimum Gasteiger partial charge on any atom is -0.468 e. The molecule has 1 N–H and O–H groups in total. The fourth-order valence-electron chi connectivity index (χ4n) is 2.74. The zero-order chi connectivity index (χ0) is 15.3. The van der Waals surface area contributed by atoms with Gasteiger partial charge in [0.25, 0.3) is 0 Å². The van der Waals surface area contributed by atoms with Crippen molar-refractivity contribution in [3.05, 3.63) is 18.3 Å². The van der Waals surface area contributed by atoms with Gasteiger partial charge in [-0.15, -0.1) is 0 Å². The lowest BCUT2D eigenvalue weighted by Gasteiger charge is -2.29. The van der Waals surface area contributed by atoms with Crippen LogP contribution in [0, 0.1) is 5.92 Å². The quantitative estimate of drug-likeness (QED) is 0.875. The third kappa shape index (κ3) is 5.44. The molecule has 1 aromatic rings. The van der Waals surface area contributed by atoms with E-state index in [-0.39, 0.29) is 5.88 Å². The molecule has 0 radical (unpaired) electrons. The molecule has 21 heavy (non-hydrogen) atoms. The standard InChI is InChI=1S/C15H21F3N2O/c1-2-11-4-3-5-12(8-11)20-13-6-7-14(19-9-13)21-10-15(16,17)18/h6-7,9,11-12,20H,2-5,8,10H2,1H3. The van der Waals surface area contributed by atoms with Crippen LogP contribution >= 0.6 is 0 Å². The van der Waals surface area contributed by atoms with Crippen molar-refractivity contribution in [1.29, 1.82) is 0 Å². The first-order valence-electron chi connectivity index (χ1n) is 7.38. The van der Waals surface area contributed by atoms with Gasteiger partial charge in [0.05, 0.1) is 11.9 Å². The van der Waals surface area contributed by atoms with Crippen molar-refractivity contribution in [3.63, 3.8) is 0 Å². The summed E-state index contributed by atoms with van der Waals surface area (Å²) in [5.74, 6) is 0.756. The molecule has 2 atom stereocenters. The van der Waals surface area contributed by atoms with Gasteiger partial charge >= 0.3 is 6.18 Å². The average Bonchev–Trinajstić information content (AvgIpc) is 2.46. The van der Waals surface area contributed by atoms with Crippen LogP contribution in [0.2, 0.25) is 0 Å². The van der Waals surface area contributed by atoms with E-state index in [0.29, 0.717) is 6.04 Å². The summed E-state index contributed by atoms with van der Waals surface area (Å²) in [7, 11) is 0. The fraction of sp³-hybridized carbons (Fsp3) is 0.667. The van der Waals surface area contributed by atoms with E-state index in [4.69, 9.17) is 0 Å². The van der Waals surface area contributed by atoms with E-state index in [1.54, 1.807) is 6.07 Å². The van der Waals surface area contributed by atoms with Crippen molar-refractivity contribution in [2.24, 2.45) is 5.92 Å². The van der Waals surface area contributed by atoms with E-state index in [2.05, 4.69) is 22.0 Å². The SMILES string of the molecule is CCC1CCCC(Nc2ccc(OCC(F)(F)F)nc2)C1. The maximum atomic E-state index is 12.0. The summed E-state index contributed by atoms with van der Waals surface area (Å²) < 4.78 is 40.7. The Morgan fingerprint density at radius 2 is 2.14 bits per heavy atom. The molecule has 0 aromatic carbocycles. The first kappa shape index (κ1) is 15.9. The number of nitrogens with zero attached hydrogens (tertiary/aromatic N) is 1. The van der Waals surface area contributed by atoms with Gasteiger partial charge in [0.1, 0.15) is 0 Å². The third-order valence-electron chi connectivity index (χ3n) is 3.85. The molecule has 1 saturated carbocycles. The molecule has 3 nitrogen and oxygen atoms in total. The van der Waals surface area contributed by atoms with E-state index in [1.165, 1.54) is 31.5 Å². The Morgan fingerprint density at radius 1 is 1.33 bits per heavy atom. The van der Waals surface area contributed by atoms with Gasteiger partial charge in [-0.05, 0) is 24.8 Å². The number of pyridine rings is 1. The molecule has 0 amide bonds. The van der Waals surface area contributed by atoms with Crippen LogP contribution in [-0.2, 0) is 0 Å². The smallest absolute Gasteiger partial charge is 0.422 e. The minimum atomic E-state index is -4.34. The van der Waals surface area contributed by atoms with Gasteiger partial charge in [0.15, 0.2) is 6.61 Å². The van der Waals surface area contributed by atoms with Crippen LogP contribution in [0.4, 0.5) is 18.9 Å². The van der Waals surface area contributed by atoms with Crippen LogP contribution in [-0.4, -0.2) is 23.8 Å². The lowest BCUT2D eigenvalue weighted by atomic mass is 9.84. The molecular formula is C15H21F3N2O. The number of hydrogen-bond donors (Lipinski definition) is 1. The first-order chi connectivity index (χ1) is 9.96. The molecule has 2 unspecified atom stereocenters. The van der Waals surface area contributed by atoms with Crippen LogP contribution in [0.1, 0.15) is 39.0 Å². The largest absolute Gasteiger partial charge is 0.468 e. The summed E-state index contributed by atoms with van der Waals surface area (Å²) in [5.41, 5.74) is 0.830. The first-order valence-corrected chi connectivity index (χ1v) is 7.38. The van der Waals surface area contributed by atoms with Crippen LogP contribution in [0.5, 0.6) is 5.88 Å². The van der Waals surface area contributed by atoms with Gasteiger partial charge in [0.2, 0.25) is 5.88 Å². The highest BCUT2D eigenvalue weighted by Crippen LogP contribution is 2.28. The maximum Gasteiger partial charge on any atom is 0.422 e. The van der Waals surface area contributed by atoms with Crippen molar-refractivity contribution >= 4 is 5.69 Å². The molecule has 0 bridgehead atoms. The Bertz CT molecular complexity index is 434. The summed E-state index contributed by atoms with van der Waals surface area (Å²) >= 11 is 0. The maximum absolute atomic E-state index is 12.0. The molecule has 1 fully saturated rings. The number of ether oxygens (including phenoxy) is 1. The van der Waals surface area contributed by atoms with Crippen LogP contribution in [0.15, 0.2) is 18.3 Å². The second-order valence-electron chi connectivity index (χ2n) is 5.57. The van der Waals surface area contributed by atoms with Gasteiger partial charge in [-0.25, -0.2) is 4.98 Å². The number of hydrogen-bond acceptors (Lipinski definition) is 3. The van der Waals surface area contributed by atoms with Gasteiger partial charge in [-0.2, -0.15) is 13.2 Å². The number of alkyl halides is 3. The molecule has 0 aliphatic heterocycles. The monoisotopic (exact) mass is 302 g/mol. The second-order valence-corrected chi connectivity index (χ2v) is 5.57. The Labute approximate surface area is 122 Å². The topological polar surface area (TPSA) is 34.1 Å². The predicted octanol–water partition coefficient (Wildman–Crippen LogP) is 4.40. The van der Waals surface area contributed by atoms with Crippen molar-refractivity contribution in [2.75, 3.05) is 11.9 Å². The molecule has 6 heteroatoms. The highest BCUT2D eigenvalue weighted by molar-refractivity contribution is 5.43. The highest BCUT2D eigenvalue weighted by atomic mass is 19.4. The lowest BCUT2D eigenvalue weighted by Crippen LogP contribution is -2.27. The van der Waals surface area contributed by atoms with Crippen LogP contribution < -0.4 is 10.1 Å². The molecule has 118 valence electrons. The summed E-state index contributed by atoms with van der Waals surface area (Å²) in [6.45, 7) is 0.898. The molecule has 1 heterocycles. The number of nitrogens with one attached hydrogen (secondary N) is 1. The van der Waals surface area contributed by atoms with E-state index in [1.807, 2.05) is 0 Å². The van der Waals surface area contributed by atoms with Crippen LogP contribution in [0.3, 0.4) is 0 Å². The predicted molar refractivity (Wildman–Crippen MR) is 75.4 cm³/mol. The van der Waals surface area contributed by atoms with Crippen molar-refractivity contribution < 1.29 is 17.9 Å². The number of aromatic nitrogens is 1. The molecular weight excluding hydrogens is 281 g/mol. The zero-order valence-corrected chi connectivity index (χ0v) is 12.1. The molecule has 2 rings (SSSR count). The number of rotatable bonds is 5. The van der Waals surface area contributed by atoms with E-state index < -0.39 is 12.8 Å². The minimum absolute atomic E-state index is 0.00652. The Kier molecular flexibility index (Phi) is 5.31. The Hall–Kier alpha value is -1.46. The molecule has 1 aliphatic rings. The van der Waals surface area contributed by atoms with Crippen molar-refractivity contribution in [2.45, 2.75) is 51.2 Å². The molecule has 0 spiro atoms. The van der Waals surface area contributed by atoms with Gasteiger partial charge in [0, 0.05) is 12.1 Å². The average molecular weight is 302 g/mol. The third-order valence-corrected chi connectivity index (χ3v) is 3.85. The number of halogens is 3. The summed E-state index contributed by atoms with van der Waals surface area (Å²) in [6.07, 6.45) is 3.16. The summed E-state index contributed by atoms with van der Waals surface area (Å²) in [6, 6.07) is 3.61. The summed E-state index contributed by atoms with van der Waals surface area (Å²) in [4.78, 5) is 3.90.